The van der Waals surface area contributed by atoms with Crippen molar-refractivity contribution in [3.05, 3.63) is 71.3 Å². The van der Waals surface area contributed by atoms with E-state index in [0.29, 0.717) is 0 Å². The molecule has 3 nitrogen and oxygen atoms in total. The molecule has 2 aromatic carbocycles. The van der Waals surface area contributed by atoms with Crippen molar-refractivity contribution in [1.82, 2.24) is 0 Å². The number of carbonyl (C=O) groups is 1. The number of Topliss-reactive ketones (excluding diaryl/α,β-unsaturated/α-hetero) is 1. The monoisotopic (exact) mass is 292 g/mol. The van der Waals surface area contributed by atoms with Crippen molar-refractivity contribution >= 4 is 5.78 Å². The molecule has 5 rings (SSSR count). The van der Waals surface area contributed by atoms with E-state index in [-0.39, 0.29) is 24.1 Å². The van der Waals surface area contributed by atoms with Crippen molar-refractivity contribution in [2.45, 2.75) is 36.8 Å². The maximum absolute atomic E-state index is 12.8. The van der Waals surface area contributed by atoms with Crippen LogP contribution >= 0.6 is 0 Å². The van der Waals surface area contributed by atoms with Crippen LogP contribution in [0.2, 0.25) is 0 Å². The molecule has 0 aromatic heterocycles. The van der Waals surface area contributed by atoms with Crippen LogP contribution in [0.5, 0.6) is 0 Å². The second-order valence-electron chi connectivity index (χ2n) is 6.35. The van der Waals surface area contributed by atoms with Gasteiger partial charge < -0.3 is 9.47 Å². The largest absolute Gasteiger partial charge is 0.362 e. The van der Waals surface area contributed by atoms with Crippen molar-refractivity contribution in [2.75, 3.05) is 0 Å². The SMILES string of the molecule is O=C1c2ccccc2CC[C@@]12O[C@@H]2[C@@H]1O[C@H]1c1ccccc1. The van der Waals surface area contributed by atoms with Gasteiger partial charge in [-0.2, -0.15) is 0 Å². The van der Waals surface area contributed by atoms with Crippen LogP contribution in [-0.4, -0.2) is 23.6 Å². The molecule has 0 N–H and O–H groups in total. The van der Waals surface area contributed by atoms with Crippen molar-refractivity contribution in [3.8, 4) is 0 Å². The van der Waals surface area contributed by atoms with Gasteiger partial charge in [-0.05, 0) is 24.0 Å². The van der Waals surface area contributed by atoms with Crippen molar-refractivity contribution in [2.24, 2.45) is 0 Å². The van der Waals surface area contributed by atoms with Gasteiger partial charge in [-0.3, -0.25) is 4.79 Å². The fraction of sp³-hybridized carbons (Fsp3) is 0.316. The van der Waals surface area contributed by atoms with Gasteiger partial charge in [-0.1, -0.05) is 54.6 Å². The first kappa shape index (κ1) is 12.6. The molecule has 0 unspecified atom stereocenters. The molecule has 0 saturated carbocycles. The fourth-order valence-corrected chi connectivity index (χ4v) is 3.80. The standard InChI is InChI=1S/C19H16O3/c20-17-14-9-5-4-6-12(14)10-11-19(17)18(22-19)16-15(21-16)13-7-2-1-3-8-13/h1-9,15-16,18H,10-11H2/t15-,16+,18+,19+/m0/s1. The van der Waals surface area contributed by atoms with Crippen LogP contribution in [0.25, 0.3) is 0 Å². The molecule has 2 fully saturated rings. The van der Waals surface area contributed by atoms with Gasteiger partial charge in [0.2, 0.25) is 0 Å². The van der Waals surface area contributed by atoms with Gasteiger partial charge in [-0.15, -0.1) is 0 Å². The highest BCUT2D eigenvalue weighted by atomic mass is 16.7. The molecule has 2 aliphatic heterocycles. The number of aryl methyl sites for hydroxylation is 1. The first-order chi connectivity index (χ1) is 10.8. The molecule has 1 spiro atoms. The summed E-state index contributed by atoms with van der Waals surface area (Å²) in [7, 11) is 0. The number of ether oxygens (including phenoxy) is 2. The second-order valence-corrected chi connectivity index (χ2v) is 6.35. The summed E-state index contributed by atoms with van der Waals surface area (Å²) in [6, 6.07) is 18.0. The number of hydrogen-bond donors (Lipinski definition) is 0. The minimum atomic E-state index is -0.622. The predicted molar refractivity (Wildman–Crippen MR) is 80.8 cm³/mol. The van der Waals surface area contributed by atoms with Crippen molar-refractivity contribution in [3.63, 3.8) is 0 Å². The van der Waals surface area contributed by atoms with Crippen LogP contribution in [0.3, 0.4) is 0 Å². The Labute approximate surface area is 128 Å². The molecule has 0 bridgehead atoms. The summed E-state index contributed by atoms with van der Waals surface area (Å²) in [5.41, 5.74) is 2.52. The minimum Gasteiger partial charge on any atom is -0.362 e. The zero-order valence-electron chi connectivity index (χ0n) is 12.1. The van der Waals surface area contributed by atoms with E-state index in [4.69, 9.17) is 9.47 Å². The highest BCUT2D eigenvalue weighted by Gasteiger charge is 2.71. The quantitative estimate of drug-likeness (QED) is 0.799. The van der Waals surface area contributed by atoms with Gasteiger partial charge in [0.05, 0.1) is 0 Å². The van der Waals surface area contributed by atoms with Crippen LogP contribution in [0, 0.1) is 0 Å². The van der Waals surface area contributed by atoms with Crippen LogP contribution in [0.15, 0.2) is 54.6 Å². The Hall–Kier alpha value is -1.97. The van der Waals surface area contributed by atoms with Crippen molar-refractivity contribution in [1.29, 1.82) is 0 Å². The van der Waals surface area contributed by atoms with E-state index in [9.17, 15) is 4.79 Å². The van der Waals surface area contributed by atoms with E-state index in [0.717, 1.165) is 24.0 Å². The lowest BCUT2D eigenvalue weighted by molar-refractivity contribution is 0.0850. The van der Waals surface area contributed by atoms with Gasteiger partial charge >= 0.3 is 0 Å². The fourth-order valence-electron chi connectivity index (χ4n) is 3.80. The maximum Gasteiger partial charge on any atom is 0.197 e. The number of carbonyl (C=O) groups excluding carboxylic acids is 1. The zero-order chi connectivity index (χ0) is 14.7. The highest BCUT2D eigenvalue weighted by molar-refractivity contribution is 6.07. The highest BCUT2D eigenvalue weighted by Crippen LogP contribution is 2.56. The Morgan fingerprint density at radius 2 is 1.77 bits per heavy atom. The summed E-state index contributed by atoms with van der Waals surface area (Å²) in [4.78, 5) is 12.8. The number of ketones is 1. The van der Waals surface area contributed by atoms with E-state index < -0.39 is 5.60 Å². The zero-order valence-corrected chi connectivity index (χ0v) is 12.1. The van der Waals surface area contributed by atoms with Gasteiger partial charge in [0.1, 0.15) is 18.3 Å². The van der Waals surface area contributed by atoms with Crippen LogP contribution < -0.4 is 0 Å². The Morgan fingerprint density at radius 1 is 1.00 bits per heavy atom. The lowest BCUT2D eigenvalue weighted by Crippen LogP contribution is -2.34. The number of hydrogen-bond acceptors (Lipinski definition) is 3. The molecule has 3 heteroatoms. The topological polar surface area (TPSA) is 42.1 Å². The summed E-state index contributed by atoms with van der Waals surface area (Å²) in [6.07, 6.45) is 1.70. The van der Waals surface area contributed by atoms with Crippen LogP contribution in [0.4, 0.5) is 0 Å². The Balaban J connectivity index is 1.38. The molecule has 0 amide bonds. The number of rotatable bonds is 2. The molecule has 3 aliphatic rings. The molecular formula is C19H16O3. The van der Waals surface area contributed by atoms with E-state index in [1.54, 1.807) is 0 Å². The molecule has 2 aromatic rings. The van der Waals surface area contributed by atoms with Gasteiger partial charge in [0, 0.05) is 5.56 Å². The number of epoxide rings is 2. The first-order valence-electron chi connectivity index (χ1n) is 7.80. The summed E-state index contributed by atoms with van der Waals surface area (Å²) < 4.78 is 11.7. The average molecular weight is 292 g/mol. The van der Waals surface area contributed by atoms with E-state index in [1.165, 1.54) is 5.56 Å². The van der Waals surface area contributed by atoms with Gasteiger partial charge in [0.15, 0.2) is 11.4 Å². The average Bonchev–Trinajstić information content (AvgIpc) is 3.47. The summed E-state index contributed by atoms with van der Waals surface area (Å²) in [6.45, 7) is 0. The van der Waals surface area contributed by atoms with Gasteiger partial charge in [0.25, 0.3) is 0 Å². The molecule has 22 heavy (non-hydrogen) atoms. The molecule has 4 atom stereocenters. The maximum atomic E-state index is 12.8. The second kappa shape index (κ2) is 4.28. The third-order valence-corrected chi connectivity index (χ3v) is 5.10. The third kappa shape index (κ3) is 1.67. The first-order valence-corrected chi connectivity index (χ1v) is 7.80. The number of fused-ring (bicyclic) bond motifs is 1. The van der Waals surface area contributed by atoms with Gasteiger partial charge in [-0.25, -0.2) is 0 Å². The predicted octanol–water partition coefficient (Wildman–Crippen LogP) is 3.09. The van der Waals surface area contributed by atoms with E-state index >= 15 is 0 Å². The Kier molecular flexibility index (Phi) is 2.44. The summed E-state index contributed by atoms with van der Waals surface area (Å²) >= 11 is 0. The molecule has 110 valence electrons. The Morgan fingerprint density at radius 3 is 2.64 bits per heavy atom. The normalized spacial score (nSPS) is 35.3. The molecule has 2 saturated heterocycles. The van der Waals surface area contributed by atoms with E-state index in [1.807, 2.05) is 42.5 Å². The molecule has 1 aliphatic carbocycles. The molecular weight excluding hydrogens is 276 g/mol. The molecule has 0 radical (unpaired) electrons. The van der Waals surface area contributed by atoms with Crippen LogP contribution in [0.1, 0.15) is 34.0 Å². The van der Waals surface area contributed by atoms with Crippen LogP contribution in [-0.2, 0) is 15.9 Å². The summed E-state index contributed by atoms with van der Waals surface area (Å²) in [5, 5.41) is 0. The Bertz CT molecular complexity index is 754. The van der Waals surface area contributed by atoms with Crippen molar-refractivity contribution < 1.29 is 14.3 Å². The smallest absolute Gasteiger partial charge is 0.197 e. The lowest BCUT2D eigenvalue weighted by atomic mass is 9.79. The third-order valence-electron chi connectivity index (χ3n) is 5.10. The molecule has 2 heterocycles. The summed E-state index contributed by atoms with van der Waals surface area (Å²) in [5.74, 6) is 0.140. The lowest BCUT2D eigenvalue weighted by Gasteiger charge is -2.20. The number of benzene rings is 2. The van der Waals surface area contributed by atoms with E-state index in [2.05, 4.69) is 12.1 Å². The minimum absolute atomic E-state index is 0.0246.